The van der Waals surface area contributed by atoms with Crippen LogP contribution < -0.4 is 11.1 Å². The third-order valence-corrected chi connectivity index (χ3v) is 3.35. The van der Waals surface area contributed by atoms with E-state index >= 15 is 0 Å². The number of rotatable bonds is 4. The van der Waals surface area contributed by atoms with Crippen LogP contribution in [-0.4, -0.2) is 21.9 Å². The third kappa shape index (κ3) is 2.50. The van der Waals surface area contributed by atoms with Crippen molar-refractivity contribution < 1.29 is 0 Å². The fourth-order valence-electron chi connectivity index (χ4n) is 2.32. The lowest BCUT2D eigenvalue weighted by Crippen LogP contribution is -2.38. The molecule has 1 saturated carbocycles. The lowest BCUT2D eigenvalue weighted by atomic mass is 9.95. The molecule has 1 heterocycles. The van der Waals surface area contributed by atoms with Gasteiger partial charge in [-0.1, -0.05) is 12.8 Å². The maximum absolute atomic E-state index is 6.27. The molecule has 0 amide bonds. The van der Waals surface area contributed by atoms with Crippen molar-refractivity contribution in [1.29, 1.82) is 0 Å². The van der Waals surface area contributed by atoms with Gasteiger partial charge in [0.2, 0.25) is 0 Å². The Morgan fingerprint density at radius 2 is 2.27 bits per heavy atom. The van der Waals surface area contributed by atoms with Gasteiger partial charge in [0, 0.05) is 25.2 Å². The average Bonchev–Trinajstić information content (AvgIpc) is 2.78. The van der Waals surface area contributed by atoms with Crippen LogP contribution in [-0.2, 0) is 7.05 Å². The molecule has 3 N–H and O–H groups in total. The van der Waals surface area contributed by atoms with Crippen molar-refractivity contribution in [3.63, 3.8) is 0 Å². The number of anilines is 1. The van der Waals surface area contributed by atoms with E-state index in [1.165, 1.54) is 25.7 Å². The number of aromatic nitrogens is 2. The van der Waals surface area contributed by atoms with Crippen molar-refractivity contribution in [1.82, 2.24) is 9.78 Å². The van der Waals surface area contributed by atoms with E-state index in [9.17, 15) is 0 Å². The minimum absolute atomic E-state index is 0.0889. The smallest absolute Gasteiger partial charge is 0.123 e. The molecule has 84 valence electrons. The lowest BCUT2D eigenvalue weighted by Gasteiger charge is -2.23. The van der Waals surface area contributed by atoms with Crippen molar-refractivity contribution in [3.05, 3.63) is 12.3 Å². The van der Waals surface area contributed by atoms with Gasteiger partial charge in [0.1, 0.15) is 5.82 Å². The Balaban J connectivity index is 1.77. The second-order valence-corrected chi connectivity index (χ2v) is 4.59. The monoisotopic (exact) mass is 208 g/mol. The van der Waals surface area contributed by atoms with E-state index in [1.807, 2.05) is 17.8 Å². The summed E-state index contributed by atoms with van der Waals surface area (Å²) in [5, 5.41) is 7.47. The molecule has 1 aliphatic carbocycles. The van der Waals surface area contributed by atoms with Crippen LogP contribution in [0.3, 0.4) is 0 Å². The number of aryl methyl sites for hydroxylation is 1. The van der Waals surface area contributed by atoms with Gasteiger partial charge in [-0.25, -0.2) is 0 Å². The summed E-state index contributed by atoms with van der Waals surface area (Å²) < 4.78 is 1.85. The van der Waals surface area contributed by atoms with E-state index < -0.39 is 0 Å². The molecule has 0 bridgehead atoms. The first-order valence-corrected chi connectivity index (χ1v) is 5.70. The molecule has 1 fully saturated rings. The van der Waals surface area contributed by atoms with Crippen molar-refractivity contribution >= 4 is 5.82 Å². The fraction of sp³-hybridized carbons (Fsp3) is 0.727. The lowest BCUT2D eigenvalue weighted by molar-refractivity contribution is 0.416. The largest absolute Gasteiger partial charge is 0.370 e. The van der Waals surface area contributed by atoms with E-state index in [4.69, 9.17) is 5.73 Å². The second-order valence-electron chi connectivity index (χ2n) is 4.59. The highest BCUT2D eigenvalue weighted by Gasteiger charge is 2.28. The zero-order valence-corrected chi connectivity index (χ0v) is 9.37. The molecule has 0 radical (unpaired) electrons. The third-order valence-electron chi connectivity index (χ3n) is 3.35. The Bertz CT molecular complexity index is 312. The van der Waals surface area contributed by atoms with Gasteiger partial charge >= 0.3 is 0 Å². The maximum Gasteiger partial charge on any atom is 0.123 e. The van der Waals surface area contributed by atoms with Gasteiger partial charge in [0.05, 0.1) is 6.20 Å². The summed E-state index contributed by atoms with van der Waals surface area (Å²) in [7, 11) is 1.94. The summed E-state index contributed by atoms with van der Waals surface area (Å²) in [5.74, 6) is 1.07. The van der Waals surface area contributed by atoms with Gasteiger partial charge in [0.15, 0.2) is 0 Å². The Morgan fingerprint density at radius 3 is 2.87 bits per heavy atom. The molecule has 1 aliphatic rings. The summed E-state index contributed by atoms with van der Waals surface area (Å²) in [6, 6.07) is 1.98. The van der Waals surface area contributed by atoms with Crippen molar-refractivity contribution in [3.8, 4) is 0 Å². The van der Waals surface area contributed by atoms with Crippen LogP contribution in [0, 0.1) is 0 Å². The molecule has 0 unspecified atom stereocenters. The highest BCUT2D eigenvalue weighted by Crippen LogP contribution is 2.29. The Hall–Kier alpha value is -1.03. The molecule has 4 heteroatoms. The quantitative estimate of drug-likeness (QED) is 0.788. The van der Waals surface area contributed by atoms with Crippen LogP contribution in [0.25, 0.3) is 0 Å². The Kier molecular flexibility index (Phi) is 2.95. The predicted octanol–water partition coefficient (Wildman–Crippen LogP) is 1.49. The van der Waals surface area contributed by atoms with E-state index in [-0.39, 0.29) is 5.54 Å². The van der Waals surface area contributed by atoms with Gasteiger partial charge in [-0.3, -0.25) is 4.68 Å². The molecule has 0 saturated heterocycles. The molecule has 15 heavy (non-hydrogen) atoms. The minimum atomic E-state index is 0.0889. The Morgan fingerprint density at radius 1 is 1.53 bits per heavy atom. The first-order chi connectivity index (χ1) is 7.20. The van der Waals surface area contributed by atoms with E-state index in [0.29, 0.717) is 0 Å². The molecule has 1 aromatic rings. The van der Waals surface area contributed by atoms with Gasteiger partial charge in [-0.05, 0) is 19.3 Å². The van der Waals surface area contributed by atoms with E-state index in [2.05, 4.69) is 10.4 Å². The average molecular weight is 208 g/mol. The highest BCUT2D eigenvalue weighted by atomic mass is 15.3. The van der Waals surface area contributed by atoms with Gasteiger partial charge < -0.3 is 11.1 Å². The molecule has 4 nitrogen and oxygen atoms in total. The summed E-state index contributed by atoms with van der Waals surface area (Å²) in [6.45, 7) is 0.941. The summed E-state index contributed by atoms with van der Waals surface area (Å²) in [5.41, 5.74) is 6.36. The normalized spacial score (nSPS) is 19.3. The molecule has 1 aromatic heterocycles. The van der Waals surface area contributed by atoms with Crippen molar-refractivity contribution in [2.75, 3.05) is 11.9 Å². The van der Waals surface area contributed by atoms with Gasteiger partial charge in [0.25, 0.3) is 0 Å². The zero-order chi connectivity index (χ0) is 10.7. The zero-order valence-electron chi connectivity index (χ0n) is 9.37. The standard InChI is InChI=1S/C11H20N4/c1-15-10(4-8-14-15)13-9-7-11(12)5-2-3-6-11/h4,8,13H,2-3,5-7,9,12H2,1H3. The summed E-state index contributed by atoms with van der Waals surface area (Å²) in [4.78, 5) is 0. The van der Waals surface area contributed by atoms with Crippen LogP contribution in [0.2, 0.25) is 0 Å². The maximum atomic E-state index is 6.27. The van der Waals surface area contributed by atoms with Crippen LogP contribution in [0.5, 0.6) is 0 Å². The predicted molar refractivity (Wildman–Crippen MR) is 61.7 cm³/mol. The van der Waals surface area contributed by atoms with Gasteiger partial charge in [-0.2, -0.15) is 5.10 Å². The summed E-state index contributed by atoms with van der Waals surface area (Å²) >= 11 is 0. The first-order valence-electron chi connectivity index (χ1n) is 5.70. The van der Waals surface area contributed by atoms with Crippen molar-refractivity contribution in [2.24, 2.45) is 12.8 Å². The first kappa shape index (κ1) is 10.5. The minimum Gasteiger partial charge on any atom is -0.370 e. The van der Waals surface area contributed by atoms with E-state index in [1.54, 1.807) is 6.20 Å². The van der Waals surface area contributed by atoms with E-state index in [0.717, 1.165) is 18.8 Å². The fourth-order valence-corrected chi connectivity index (χ4v) is 2.32. The van der Waals surface area contributed by atoms with Crippen LogP contribution >= 0.6 is 0 Å². The number of nitrogens with zero attached hydrogens (tertiary/aromatic N) is 2. The molecular formula is C11H20N4. The van der Waals surface area contributed by atoms with Crippen LogP contribution in [0.1, 0.15) is 32.1 Å². The topological polar surface area (TPSA) is 55.9 Å². The highest BCUT2D eigenvalue weighted by molar-refractivity contribution is 5.33. The molecule has 0 spiro atoms. The molecule has 0 aliphatic heterocycles. The Labute approximate surface area is 90.8 Å². The molecule has 0 aromatic carbocycles. The van der Waals surface area contributed by atoms with Crippen molar-refractivity contribution in [2.45, 2.75) is 37.6 Å². The number of hydrogen-bond acceptors (Lipinski definition) is 3. The number of nitrogens with one attached hydrogen (secondary N) is 1. The summed E-state index contributed by atoms with van der Waals surface area (Å²) in [6.07, 6.45) is 7.80. The van der Waals surface area contributed by atoms with Crippen LogP contribution in [0.4, 0.5) is 5.82 Å². The molecular weight excluding hydrogens is 188 g/mol. The SMILES string of the molecule is Cn1nccc1NCCC1(N)CCCC1. The second kappa shape index (κ2) is 4.23. The molecule has 2 rings (SSSR count). The molecule has 0 atom stereocenters. The number of nitrogens with two attached hydrogens (primary N) is 1. The van der Waals surface area contributed by atoms with Crippen LogP contribution in [0.15, 0.2) is 12.3 Å². The number of hydrogen-bond donors (Lipinski definition) is 2. The van der Waals surface area contributed by atoms with Gasteiger partial charge in [-0.15, -0.1) is 0 Å².